The van der Waals surface area contributed by atoms with Gasteiger partial charge in [-0.3, -0.25) is 4.79 Å². The maximum absolute atomic E-state index is 12.1. The highest BCUT2D eigenvalue weighted by Gasteiger charge is 2.05. The van der Waals surface area contributed by atoms with Crippen LogP contribution in [0.3, 0.4) is 0 Å². The number of fused-ring (bicyclic) bond motifs is 1. The normalized spacial score (nSPS) is 12.8. The summed E-state index contributed by atoms with van der Waals surface area (Å²) in [6, 6.07) is 7.45. The zero-order valence-corrected chi connectivity index (χ0v) is 10.5. The standard InChI is InChI=1S/C14H18N2O2/c1-2-12(17)7-5-9-16-14(18)13-8-4-3-6-11(13)10-15-16/h3-4,6,8,10,12,17H,2,5,7,9H2,1H3. The van der Waals surface area contributed by atoms with Gasteiger partial charge in [-0.1, -0.05) is 25.1 Å². The smallest absolute Gasteiger partial charge is 0.274 e. The summed E-state index contributed by atoms with van der Waals surface area (Å²) in [6.07, 6.45) is 3.66. The summed E-state index contributed by atoms with van der Waals surface area (Å²) in [5, 5.41) is 15.2. The van der Waals surface area contributed by atoms with Gasteiger partial charge >= 0.3 is 0 Å². The molecule has 0 saturated heterocycles. The molecule has 0 bridgehead atoms. The van der Waals surface area contributed by atoms with Gasteiger partial charge in [-0.25, -0.2) is 4.68 Å². The van der Waals surface area contributed by atoms with Crippen molar-refractivity contribution >= 4 is 10.8 Å². The molecule has 0 amide bonds. The van der Waals surface area contributed by atoms with Crippen LogP contribution in [0.25, 0.3) is 10.8 Å². The van der Waals surface area contributed by atoms with Gasteiger partial charge in [0.15, 0.2) is 0 Å². The minimum atomic E-state index is -0.277. The predicted molar refractivity (Wildman–Crippen MR) is 71.5 cm³/mol. The summed E-state index contributed by atoms with van der Waals surface area (Å²) in [5.41, 5.74) is -0.0564. The Balaban J connectivity index is 2.14. The van der Waals surface area contributed by atoms with E-state index in [0.29, 0.717) is 18.4 Å². The molecule has 0 aliphatic heterocycles. The molecule has 96 valence electrons. The van der Waals surface area contributed by atoms with Crippen molar-refractivity contribution in [1.29, 1.82) is 0 Å². The summed E-state index contributed by atoms with van der Waals surface area (Å²) in [6.45, 7) is 2.51. The van der Waals surface area contributed by atoms with Crippen molar-refractivity contribution in [3.63, 3.8) is 0 Å². The van der Waals surface area contributed by atoms with Gasteiger partial charge < -0.3 is 5.11 Å². The third kappa shape index (κ3) is 2.76. The Hall–Kier alpha value is -1.68. The van der Waals surface area contributed by atoms with Gasteiger partial charge in [-0.15, -0.1) is 0 Å². The fraction of sp³-hybridized carbons (Fsp3) is 0.429. The molecule has 1 atom stereocenters. The molecule has 2 aromatic rings. The molecule has 0 saturated carbocycles. The number of rotatable bonds is 5. The van der Waals surface area contributed by atoms with Crippen molar-refractivity contribution < 1.29 is 5.11 Å². The van der Waals surface area contributed by atoms with Crippen molar-refractivity contribution in [1.82, 2.24) is 9.78 Å². The maximum Gasteiger partial charge on any atom is 0.274 e. The fourth-order valence-electron chi connectivity index (χ4n) is 1.97. The number of benzene rings is 1. The molecule has 1 aromatic carbocycles. The van der Waals surface area contributed by atoms with E-state index in [2.05, 4.69) is 5.10 Å². The summed E-state index contributed by atoms with van der Waals surface area (Å²) in [7, 11) is 0. The highest BCUT2D eigenvalue weighted by Crippen LogP contribution is 2.07. The minimum Gasteiger partial charge on any atom is -0.393 e. The van der Waals surface area contributed by atoms with Gasteiger partial charge in [0.25, 0.3) is 5.56 Å². The average Bonchev–Trinajstić information content (AvgIpc) is 2.41. The minimum absolute atomic E-state index is 0.0564. The first-order chi connectivity index (χ1) is 8.72. The third-order valence-corrected chi connectivity index (χ3v) is 3.14. The lowest BCUT2D eigenvalue weighted by molar-refractivity contribution is 0.155. The van der Waals surface area contributed by atoms with Crippen LogP contribution in [0.5, 0.6) is 0 Å². The first-order valence-corrected chi connectivity index (χ1v) is 6.35. The number of aryl methyl sites for hydroxylation is 1. The van der Waals surface area contributed by atoms with Crippen molar-refractivity contribution in [2.75, 3.05) is 0 Å². The van der Waals surface area contributed by atoms with E-state index >= 15 is 0 Å². The lowest BCUT2D eigenvalue weighted by Gasteiger charge is -2.08. The number of hydrogen-bond donors (Lipinski definition) is 1. The molecule has 0 aliphatic rings. The maximum atomic E-state index is 12.1. The quantitative estimate of drug-likeness (QED) is 0.877. The van der Waals surface area contributed by atoms with Crippen molar-refractivity contribution in [3.8, 4) is 0 Å². The molecule has 4 heteroatoms. The topological polar surface area (TPSA) is 55.1 Å². The second kappa shape index (κ2) is 5.78. The highest BCUT2D eigenvalue weighted by molar-refractivity contribution is 5.80. The van der Waals surface area contributed by atoms with E-state index in [1.807, 2.05) is 31.2 Å². The van der Waals surface area contributed by atoms with E-state index in [9.17, 15) is 9.90 Å². The van der Waals surface area contributed by atoms with E-state index < -0.39 is 0 Å². The Morgan fingerprint density at radius 1 is 1.39 bits per heavy atom. The van der Waals surface area contributed by atoms with Crippen LogP contribution >= 0.6 is 0 Å². The molecule has 0 radical (unpaired) electrons. The monoisotopic (exact) mass is 246 g/mol. The van der Waals surface area contributed by atoms with Crippen LogP contribution in [0, 0.1) is 0 Å². The number of aliphatic hydroxyl groups excluding tert-OH is 1. The molecule has 1 heterocycles. The zero-order valence-electron chi connectivity index (χ0n) is 10.5. The van der Waals surface area contributed by atoms with Crippen LogP contribution in [0.1, 0.15) is 26.2 Å². The lowest BCUT2D eigenvalue weighted by atomic mass is 10.1. The molecule has 2 rings (SSSR count). The molecular weight excluding hydrogens is 228 g/mol. The Kier molecular flexibility index (Phi) is 4.10. The van der Waals surface area contributed by atoms with Crippen molar-refractivity contribution in [3.05, 3.63) is 40.8 Å². The van der Waals surface area contributed by atoms with E-state index in [4.69, 9.17) is 0 Å². The molecular formula is C14H18N2O2. The summed E-state index contributed by atoms with van der Waals surface area (Å²) < 4.78 is 1.48. The van der Waals surface area contributed by atoms with Crippen LogP contribution in [0.15, 0.2) is 35.3 Å². The predicted octanol–water partition coefficient (Wildman–Crippen LogP) is 1.95. The lowest BCUT2D eigenvalue weighted by Crippen LogP contribution is -2.23. The van der Waals surface area contributed by atoms with Crippen molar-refractivity contribution in [2.24, 2.45) is 0 Å². The fourth-order valence-corrected chi connectivity index (χ4v) is 1.97. The van der Waals surface area contributed by atoms with Gasteiger partial charge in [-0.05, 0) is 25.3 Å². The van der Waals surface area contributed by atoms with Crippen LogP contribution in [-0.4, -0.2) is 21.0 Å². The van der Waals surface area contributed by atoms with Crippen LogP contribution in [0.2, 0.25) is 0 Å². The first kappa shape index (κ1) is 12.8. The number of hydrogen-bond acceptors (Lipinski definition) is 3. The Bertz CT molecular complexity index is 577. The highest BCUT2D eigenvalue weighted by atomic mass is 16.3. The van der Waals surface area contributed by atoms with Gasteiger partial charge in [-0.2, -0.15) is 5.10 Å². The van der Waals surface area contributed by atoms with Gasteiger partial charge in [0, 0.05) is 11.9 Å². The molecule has 18 heavy (non-hydrogen) atoms. The number of aromatic nitrogens is 2. The first-order valence-electron chi connectivity index (χ1n) is 6.35. The number of nitrogens with zero attached hydrogens (tertiary/aromatic N) is 2. The SMILES string of the molecule is CCC(O)CCCn1ncc2ccccc2c1=O. The second-order valence-corrected chi connectivity index (χ2v) is 4.46. The van der Waals surface area contributed by atoms with Gasteiger partial charge in [0.2, 0.25) is 0 Å². The third-order valence-electron chi connectivity index (χ3n) is 3.14. The average molecular weight is 246 g/mol. The molecule has 4 nitrogen and oxygen atoms in total. The second-order valence-electron chi connectivity index (χ2n) is 4.46. The van der Waals surface area contributed by atoms with Crippen LogP contribution in [-0.2, 0) is 6.54 Å². The molecule has 0 aliphatic carbocycles. The van der Waals surface area contributed by atoms with Crippen LogP contribution < -0.4 is 5.56 Å². The van der Waals surface area contributed by atoms with Crippen LogP contribution in [0.4, 0.5) is 0 Å². The molecule has 0 fully saturated rings. The van der Waals surface area contributed by atoms with Gasteiger partial charge in [0.05, 0.1) is 17.7 Å². The number of aliphatic hydroxyl groups is 1. The van der Waals surface area contributed by atoms with E-state index in [1.165, 1.54) is 4.68 Å². The Morgan fingerprint density at radius 2 is 2.17 bits per heavy atom. The molecule has 1 unspecified atom stereocenters. The van der Waals surface area contributed by atoms with E-state index in [1.54, 1.807) is 6.20 Å². The van der Waals surface area contributed by atoms with E-state index in [-0.39, 0.29) is 11.7 Å². The van der Waals surface area contributed by atoms with Crippen molar-refractivity contribution in [2.45, 2.75) is 38.8 Å². The molecule has 1 aromatic heterocycles. The zero-order chi connectivity index (χ0) is 13.0. The summed E-state index contributed by atoms with van der Waals surface area (Å²) in [5.74, 6) is 0. The molecule has 1 N–H and O–H groups in total. The molecule has 0 spiro atoms. The van der Waals surface area contributed by atoms with E-state index in [0.717, 1.165) is 18.2 Å². The summed E-state index contributed by atoms with van der Waals surface area (Å²) in [4.78, 5) is 12.1. The Labute approximate surface area is 106 Å². The summed E-state index contributed by atoms with van der Waals surface area (Å²) >= 11 is 0. The Morgan fingerprint density at radius 3 is 2.94 bits per heavy atom. The largest absolute Gasteiger partial charge is 0.393 e. The van der Waals surface area contributed by atoms with Gasteiger partial charge in [0.1, 0.15) is 0 Å².